The Hall–Kier alpha value is -2.48. The third-order valence-electron chi connectivity index (χ3n) is 4.53. The Bertz CT molecular complexity index is 810. The van der Waals surface area contributed by atoms with E-state index in [4.69, 9.17) is 0 Å². The summed E-state index contributed by atoms with van der Waals surface area (Å²) in [4.78, 5) is 35.7. The molecule has 1 fully saturated rings. The van der Waals surface area contributed by atoms with Crippen LogP contribution in [0.4, 0.5) is 5.69 Å². The number of pyridine rings is 1. The molecule has 1 amide bonds. The van der Waals surface area contributed by atoms with E-state index < -0.39 is 10.5 Å². The van der Waals surface area contributed by atoms with Crippen LogP contribution in [0.2, 0.25) is 0 Å². The second-order valence-electron chi connectivity index (χ2n) is 6.22. The van der Waals surface area contributed by atoms with Gasteiger partial charge in [0.15, 0.2) is 0 Å². The molecule has 0 aromatic carbocycles. The van der Waals surface area contributed by atoms with Crippen LogP contribution in [-0.2, 0) is 11.3 Å². The number of carbonyl (C=O) groups is 1. The van der Waals surface area contributed by atoms with E-state index in [1.165, 1.54) is 0 Å². The van der Waals surface area contributed by atoms with E-state index in [2.05, 4.69) is 5.32 Å². The summed E-state index contributed by atoms with van der Waals surface area (Å²) in [6.07, 6.45) is 5.57. The molecule has 2 aromatic heterocycles. The standard InChI is InChI=1S/C17H19N3O4S/c21-15(11-19-10-13(20(23)24)7-8-16(19)22)18-17(12-4-1-2-5-12)14-6-3-9-25-14/h3,6-10,12,17H,1-2,4-5,11H2,(H,18,21). The Morgan fingerprint density at radius 3 is 2.76 bits per heavy atom. The van der Waals surface area contributed by atoms with Gasteiger partial charge in [-0.3, -0.25) is 24.3 Å². The molecule has 0 radical (unpaired) electrons. The summed E-state index contributed by atoms with van der Waals surface area (Å²) in [5.74, 6) is 0.0809. The molecule has 0 aliphatic heterocycles. The Morgan fingerprint density at radius 2 is 2.12 bits per heavy atom. The number of nitrogens with one attached hydrogen (secondary N) is 1. The van der Waals surface area contributed by atoms with Crippen LogP contribution in [0, 0.1) is 16.0 Å². The first-order chi connectivity index (χ1) is 12.0. The van der Waals surface area contributed by atoms with E-state index >= 15 is 0 Å². The van der Waals surface area contributed by atoms with Gasteiger partial charge in [0.25, 0.3) is 11.2 Å². The van der Waals surface area contributed by atoms with Gasteiger partial charge in [0.05, 0.1) is 17.2 Å². The fraction of sp³-hybridized carbons (Fsp3) is 0.412. The molecule has 8 heteroatoms. The average molecular weight is 361 g/mol. The fourth-order valence-corrected chi connectivity index (χ4v) is 4.17. The van der Waals surface area contributed by atoms with E-state index in [0.717, 1.165) is 53.5 Å². The highest BCUT2D eigenvalue weighted by molar-refractivity contribution is 7.10. The Kier molecular flexibility index (Phi) is 5.28. The number of hydrogen-bond donors (Lipinski definition) is 1. The van der Waals surface area contributed by atoms with Gasteiger partial charge >= 0.3 is 0 Å². The van der Waals surface area contributed by atoms with Crippen molar-refractivity contribution in [3.63, 3.8) is 0 Å². The number of aromatic nitrogens is 1. The number of rotatable bonds is 6. The zero-order valence-electron chi connectivity index (χ0n) is 13.6. The number of amides is 1. The van der Waals surface area contributed by atoms with Crippen LogP contribution in [0.3, 0.4) is 0 Å². The summed E-state index contributed by atoms with van der Waals surface area (Å²) in [6.45, 7) is -0.227. The molecule has 0 spiro atoms. The number of nitro groups is 1. The van der Waals surface area contributed by atoms with Gasteiger partial charge in [-0.25, -0.2) is 0 Å². The molecule has 132 valence electrons. The third-order valence-corrected chi connectivity index (χ3v) is 5.49. The van der Waals surface area contributed by atoms with Gasteiger partial charge in [0, 0.05) is 17.0 Å². The monoisotopic (exact) mass is 361 g/mol. The molecule has 2 heterocycles. The minimum Gasteiger partial charge on any atom is -0.347 e. The molecule has 2 aromatic rings. The lowest BCUT2D eigenvalue weighted by molar-refractivity contribution is -0.385. The highest BCUT2D eigenvalue weighted by Gasteiger charge is 2.28. The lowest BCUT2D eigenvalue weighted by atomic mass is 9.96. The topological polar surface area (TPSA) is 94.2 Å². The Balaban J connectivity index is 1.75. The van der Waals surface area contributed by atoms with Crippen molar-refractivity contribution in [2.75, 3.05) is 0 Å². The first kappa shape index (κ1) is 17.3. The zero-order valence-corrected chi connectivity index (χ0v) is 14.4. The van der Waals surface area contributed by atoms with Crippen molar-refractivity contribution in [1.29, 1.82) is 0 Å². The van der Waals surface area contributed by atoms with Gasteiger partial charge in [0.1, 0.15) is 6.54 Å². The lowest BCUT2D eigenvalue weighted by Crippen LogP contribution is -2.36. The largest absolute Gasteiger partial charge is 0.347 e. The van der Waals surface area contributed by atoms with Gasteiger partial charge in [-0.05, 0) is 30.2 Å². The summed E-state index contributed by atoms with van der Waals surface area (Å²) < 4.78 is 1.08. The van der Waals surface area contributed by atoms with Crippen LogP contribution in [-0.4, -0.2) is 15.4 Å². The minimum atomic E-state index is -0.583. The lowest BCUT2D eigenvalue weighted by Gasteiger charge is -2.24. The smallest absolute Gasteiger partial charge is 0.285 e. The van der Waals surface area contributed by atoms with Crippen molar-refractivity contribution >= 4 is 22.9 Å². The van der Waals surface area contributed by atoms with Crippen molar-refractivity contribution in [3.05, 3.63) is 61.2 Å². The van der Waals surface area contributed by atoms with Crippen LogP contribution >= 0.6 is 11.3 Å². The first-order valence-corrected chi connectivity index (χ1v) is 9.10. The van der Waals surface area contributed by atoms with Crippen LogP contribution < -0.4 is 10.9 Å². The molecule has 1 unspecified atom stereocenters. The van der Waals surface area contributed by atoms with Crippen molar-refractivity contribution in [2.45, 2.75) is 38.3 Å². The summed E-state index contributed by atoms with van der Waals surface area (Å²) in [7, 11) is 0. The van der Waals surface area contributed by atoms with Gasteiger partial charge < -0.3 is 5.32 Å². The van der Waals surface area contributed by atoms with E-state index in [1.54, 1.807) is 11.3 Å². The summed E-state index contributed by atoms with van der Waals surface area (Å²) in [5, 5.41) is 15.9. The van der Waals surface area contributed by atoms with Crippen LogP contribution in [0.15, 0.2) is 40.6 Å². The molecule has 7 nitrogen and oxygen atoms in total. The number of hydrogen-bond acceptors (Lipinski definition) is 5. The number of thiophene rings is 1. The second-order valence-corrected chi connectivity index (χ2v) is 7.19. The molecule has 1 atom stereocenters. The molecular formula is C17H19N3O4S. The SMILES string of the molecule is O=C(Cn1cc([N+](=O)[O-])ccc1=O)NC(c1cccs1)C1CCCC1. The van der Waals surface area contributed by atoms with Crippen LogP contribution in [0.25, 0.3) is 0 Å². The van der Waals surface area contributed by atoms with Gasteiger partial charge in [-0.15, -0.1) is 11.3 Å². The molecule has 25 heavy (non-hydrogen) atoms. The molecule has 1 saturated carbocycles. The van der Waals surface area contributed by atoms with Crippen LogP contribution in [0.1, 0.15) is 36.6 Å². The summed E-state index contributed by atoms with van der Waals surface area (Å²) >= 11 is 1.60. The van der Waals surface area contributed by atoms with E-state index in [1.807, 2.05) is 17.5 Å². The highest BCUT2D eigenvalue weighted by atomic mass is 32.1. The van der Waals surface area contributed by atoms with E-state index in [0.29, 0.717) is 5.92 Å². The summed E-state index contributed by atoms with van der Waals surface area (Å²) in [6, 6.07) is 6.15. The van der Waals surface area contributed by atoms with E-state index in [-0.39, 0.29) is 24.2 Å². The molecule has 3 rings (SSSR count). The highest BCUT2D eigenvalue weighted by Crippen LogP contribution is 2.37. The molecule has 0 saturated heterocycles. The Morgan fingerprint density at radius 1 is 1.36 bits per heavy atom. The van der Waals surface area contributed by atoms with E-state index in [9.17, 15) is 19.7 Å². The minimum absolute atomic E-state index is 0.0654. The van der Waals surface area contributed by atoms with Crippen molar-refractivity contribution in [3.8, 4) is 0 Å². The summed E-state index contributed by atoms with van der Waals surface area (Å²) in [5.41, 5.74) is -0.646. The molecule has 1 aliphatic rings. The number of carbonyl (C=O) groups excluding carboxylic acids is 1. The maximum Gasteiger partial charge on any atom is 0.285 e. The average Bonchev–Trinajstić information content (AvgIpc) is 3.28. The first-order valence-electron chi connectivity index (χ1n) is 8.22. The zero-order chi connectivity index (χ0) is 17.8. The predicted molar refractivity (Wildman–Crippen MR) is 94.5 cm³/mol. The quantitative estimate of drug-likeness (QED) is 0.632. The predicted octanol–water partition coefficient (Wildman–Crippen LogP) is 2.87. The molecule has 1 aliphatic carbocycles. The second kappa shape index (κ2) is 7.60. The third kappa shape index (κ3) is 4.14. The van der Waals surface area contributed by atoms with Gasteiger partial charge in [-0.1, -0.05) is 18.9 Å². The molecular weight excluding hydrogens is 342 g/mol. The fourth-order valence-electron chi connectivity index (χ4n) is 3.30. The molecule has 0 bridgehead atoms. The molecule has 1 N–H and O–H groups in total. The van der Waals surface area contributed by atoms with Crippen LogP contribution in [0.5, 0.6) is 0 Å². The number of nitrogens with zero attached hydrogens (tertiary/aromatic N) is 2. The normalized spacial score (nSPS) is 15.8. The van der Waals surface area contributed by atoms with Gasteiger partial charge in [0.2, 0.25) is 5.91 Å². The van der Waals surface area contributed by atoms with Crippen molar-refractivity contribution in [1.82, 2.24) is 9.88 Å². The van der Waals surface area contributed by atoms with Gasteiger partial charge in [-0.2, -0.15) is 0 Å². The van der Waals surface area contributed by atoms with Crippen molar-refractivity contribution in [2.24, 2.45) is 5.92 Å². The maximum absolute atomic E-state index is 12.5. The van der Waals surface area contributed by atoms with Crippen molar-refractivity contribution < 1.29 is 9.72 Å². The Labute approximate surface area is 148 Å². The maximum atomic E-state index is 12.5.